The number of hydrogen-bond acceptors (Lipinski definition) is 2. The van der Waals surface area contributed by atoms with Crippen molar-refractivity contribution in [2.45, 2.75) is 0 Å². The molecule has 0 aliphatic rings. The van der Waals surface area contributed by atoms with Gasteiger partial charge in [-0.05, 0) is 68.4 Å². The van der Waals surface area contributed by atoms with Gasteiger partial charge in [0.25, 0.3) is 0 Å². The summed E-state index contributed by atoms with van der Waals surface area (Å²) in [5.74, 6) is -1.78. The number of fused-ring (bicyclic) bond motifs is 12. The normalized spacial score (nSPS) is 12.1. The van der Waals surface area contributed by atoms with Crippen LogP contribution in [0.15, 0.2) is 142 Å². The van der Waals surface area contributed by atoms with Crippen LogP contribution in [0.4, 0.5) is 8.78 Å². The van der Waals surface area contributed by atoms with Gasteiger partial charge in [0, 0.05) is 38.1 Å². The molecule has 10 aromatic rings. The van der Waals surface area contributed by atoms with Crippen molar-refractivity contribution in [2.24, 2.45) is 0 Å². The summed E-state index contributed by atoms with van der Waals surface area (Å²) in [5.41, 5.74) is 6.25. The zero-order chi connectivity index (χ0) is 30.5. The topological polar surface area (TPSA) is 26.3 Å². The van der Waals surface area contributed by atoms with E-state index in [4.69, 9.17) is 8.83 Å². The van der Waals surface area contributed by atoms with E-state index in [9.17, 15) is 8.78 Å². The van der Waals surface area contributed by atoms with Gasteiger partial charge in [-0.15, -0.1) is 0 Å². The molecule has 8 aromatic carbocycles. The highest BCUT2D eigenvalue weighted by atomic mass is 19.2. The zero-order valence-corrected chi connectivity index (χ0v) is 24.3. The first-order valence-electron chi connectivity index (χ1n) is 15.2. The SMILES string of the molecule is Fc1ccc(-c2c(-c3cccc4c3oc3ccccc34)c3ccc4c(oc5ccc6ccccc6c54)c3c3ccccc23)cc1F. The molecule has 0 unspecified atom stereocenters. The molecule has 10 rings (SSSR count). The first-order chi connectivity index (χ1) is 22.7. The second kappa shape index (κ2) is 9.26. The van der Waals surface area contributed by atoms with Crippen molar-refractivity contribution < 1.29 is 17.6 Å². The Hall–Kier alpha value is -6.00. The Kier molecular flexibility index (Phi) is 5.10. The van der Waals surface area contributed by atoms with Crippen LogP contribution in [0.5, 0.6) is 0 Å². The Morgan fingerprint density at radius 1 is 0.391 bits per heavy atom. The molecule has 2 aromatic heterocycles. The van der Waals surface area contributed by atoms with Crippen LogP contribution in [0, 0.1) is 11.6 Å². The fourth-order valence-corrected chi connectivity index (χ4v) is 7.45. The predicted octanol–water partition coefficient (Wildman–Crippen LogP) is 12.6. The molecular weight excluding hydrogens is 574 g/mol. The van der Waals surface area contributed by atoms with Crippen molar-refractivity contribution in [3.8, 4) is 22.3 Å². The van der Waals surface area contributed by atoms with E-state index in [1.165, 1.54) is 12.1 Å². The Labute approximate surface area is 260 Å². The minimum atomic E-state index is -0.894. The molecule has 0 atom stereocenters. The summed E-state index contributed by atoms with van der Waals surface area (Å²) in [6.45, 7) is 0. The molecule has 0 radical (unpaired) electrons. The molecule has 0 spiro atoms. The van der Waals surface area contributed by atoms with Gasteiger partial charge in [-0.25, -0.2) is 8.78 Å². The predicted molar refractivity (Wildman–Crippen MR) is 184 cm³/mol. The summed E-state index contributed by atoms with van der Waals surface area (Å²) >= 11 is 0. The summed E-state index contributed by atoms with van der Waals surface area (Å²) in [5, 5.41) is 10.1. The fourth-order valence-electron chi connectivity index (χ4n) is 7.45. The first kappa shape index (κ1) is 25.3. The maximum Gasteiger partial charge on any atom is 0.159 e. The standard InChI is InChI=1S/C42H22F2O2/c43-33-20-16-24(22-34(33)44)37-27-11-3-4-12-28(27)40-30(39(37)31-14-7-13-29-26-10-5-6-15-35(26)45-41(29)31)18-19-32-38-25-9-2-1-8-23(25)17-21-36(38)46-42(32)40/h1-22H. The van der Waals surface area contributed by atoms with Gasteiger partial charge in [0.2, 0.25) is 0 Å². The van der Waals surface area contributed by atoms with Gasteiger partial charge in [0.05, 0.1) is 0 Å². The van der Waals surface area contributed by atoms with Gasteiger partial charge in [0.1, 0.15) is 22.3 Å². The molecule has 0 aliphatic heterocycles. The number of hydrogen-bond donors (Lipinski definition) is 0. The molecule has 0 saturated carbocycles. The van der Waals surface area contributed by atoms with Crippen LogP contribution < -0.4 is 0 Å². The Morgan fingerprint density at radius 3 is 1.98 bits per heavy atom. The smallest absolute Gasteiger partial charge is 0.159 e. The molecule has 0 N–H and O–H groups in total. The van der Waals surface area contributed by atoms with E-state index in [1.807, 2.05) is 60.7 Å². The van der Waals surface area contributed by atoms with Crippen LogP contribution in [-0.2, 0) is 0 Å². The monoisotopic (exact) mass is 596 g/mol. The number of rotatable bonds is 2. The van der Waals surface area contributed by atoms with Gasteiger partial charge in [-0.3, -0.25) is 0 Å². The van der Waals surface area contributed by atoms with Crippen LogP contribution in [0.2, 0.25) is 0 Å². The largest absolute Gasteiger partial charge is 0.455 e. The van der Waals surface area contributed by atoms with Crippen LogP contribution in [0.25, 0.3) is 98.4 Å². The van der Waals surface area contributed by atoms with E-state index in [0.29, 0.717) is 5.56 Å². The summed E-state index contributed by atoms with van der Waals surface area (Å²) in [6, 6.07) is 43.1. The van der Waals surface area contributed by atoms with Crippen LogP contribution in [-0.4, -0.2) is 0 Å². The molecule has 216 valence electrons. The Morgan fingerprint density at radius 2 is 1.11 bits per heavy atom. The quantitative estimate of drug-likeness (QED) is 0.186. The molecule has 0 bridgehead atoms. The molecular formula is C42H22F2O2. The van der Waals surface area contributed by atoms with Crippen molar-refractivity contribution in [2.75, 3.05) is 0 Å². The molecule has 2 nitrogen and oxygen atoms in total. The Bertz CT molecular complexity index is 2890. The minimum Gasteiger partial charge on any atom is -0.455 e. The van der Waals surface area contributed by atoms with Gasteiger partial charge in [0.15, 0.2) is 11.6 Å². The van der Waals surface area contributed by atoms with Gasteiger partial charge >= 0.3 is 0 Å². The van der Waals surface area contributed by atoms with Gasteiger partial charge in [-0.1, -0.05) is 103 Å². The van der Waals surface area contributed by atoms with E-state index in [2.05, 4.69) is 54.6 Å². The number of para-hydroxylation sites is 2. The lowest BCUT2D eigenvalue weighted by Crippen LogP contribution is -1.94. The third-order valence-electron chi connectivity index (χ3n) is 9.40. The van der Waals surface area contributed by atoms with Crippen molar-refractivity contribution in [3.63, 3.8) is 0 Å². The second-order valence-corrected chi connectivity index (χ2v) is 11.8. The van der Waals surface area contributed by atoms with E-state index >= 15 is 0 Å². The molecule has 46 heavy (non-hydrogen) atoms. The molecule has 4 heteroatoms. The highest BCUT2D eigenvalue weighted by Crippen LogP contribution is 2.50. The molecule has 0 saturated heterocycles. The van der Waals surface area contributed by atoms with E-state index in [1.54, 1.807) is 6.07 Å². The number of benzene rings is 8. The second-order valence-electron chi connectivity index (χ2n) is 11.8. The zero-order valence-electron chi connectivity index (χ0n) is 24.3. The van der Waals surface area contributed by atoms with E-state index < -0.39 is 11.6 Å². The first-order valence-corrected chi connectivity index (χ1v) is 15.2. The van der Waals surface area contributed by atoms with Crippen molar-refractivity contribution in [3.05, 3.63) is 145 Å². The summed E-state index contributed by atoms with van der Waals surface area (Å²) in [6.07, 6.45) is 0. The minimum absolute atomic E-state index is 0.579. The van der Waals surface area contributed by atoms with Crippen LogP contribution >= 0.6 is 0 Å². The average molecular weight is 597 g/mol. The van der Waals surface area contributed by atoms with Crippen molar-refractivity contribution in [1.82, 2.24) is 0 Å². The summed E-state index contributed by atoms with van der Waals surface area (Å²) in [7, 11) is 0. The average Bonchev–Trinajstić information content (AvgIpc) is 3.68. The molecule has 2 heterocycles. The summed E-state index contributed by atoms with van der Waals surface area (Å²) < 4.78 is 42.6. The van der Waals surface area contributed by atoms with E-state index in [-0.39, 0.29) is 0 Å². The lowest BCUT2D eigenvalue weighted by molar-refractivity contribution is 0.509. The third kappa shape index (κ3) is 3.38. The molecule has 0 amide bonds. The fraction of sp³-hybridized carbons (Fsp3) is 0. The number of furan rings is 2. The lowest BCUT2D eigenvalue weighted by Gasteiger charge is -2.19. The number of halogens is 2. The molecule has 0 aliphatic carbocycles. The van der Waals surface area contributed by atoms with Crippen LogP contribution in [0.3, 0.4) is 0 Å². The van der Waals surface area contributed by atoms with Crippen LogP contribution in [0.1, 0.15) is 0 Å². The highest BCUT2D eigenvalue weighted by molar-refractivity contribution is 6.32. The lowest BCUT2D eigenvalue weighted by atomic mass is 9.84. The Balaban J connectivity index is 1.45. The highest BCUT2D eigenvalue weighted by Gasteiger charge is 2.24. The molecule has 0 fully saturated rings. The van der Waals surface area contributed by atoms with Crippen molar-refractivity contribution in [1.29, 1.82) is 0 Å². The van der Waals surface area contributed by atoms with Gasteiger partial charge < -0.3 is 8.83 Å². The summed E-state index contributed by atoms with van der Waals surface area (Å²) in [4.78, 5) is 0. The van der Waals surface area contributed by atoms with Crippen molar-refractivity contribution >= 4 is 76.2 Å². The van der Waals surface area contributed by atoms with E-state index in [0.717, 1.165) is 92.9 Å². The van der Waals surface area contributed by atoms with Gasteiger partial charge in [-0.2, -0.15) is 0 Å². The third-order valence-corrected chi connectivity index (χ3v) is 9.40. The maximum atomic E-state index is 15.0. The maximum absolute atomic E-state index is 15.0.